The average molecular weight is 409 g/mol. The number of alkyl halides is 2. The first-order chi connectivity index (χ1) is 13.5. The number of nitrogens with zero attached hydrogens (tertiary/aromatic N) is 4. The highest BCUT2D eigenvalue weighted by Crippen LogP contribution is 2.26. The van der Waals surface area contributed by atoms with Gasteiger partial charge in [0.05, 0.1) is 28.6 Å². The highest BCUT2D eigenvalue weighted by atomic mass is 32.2. The van der Waals surface area contributed by atoms with Gasteiger partial charge >= 0.3 is 6.61 Å². The fraction of sp³-hybridized carbons (Fsp3) is 0.118. The summed E-state index contributed by atoms with van der Waals surface area (Å²) in [6.07, 6.45) is 1.59. The Kier molecular flexibility index (Phi) is 4.90. The van der Waals surface area contributed by atoms with Crippen LogP contribution in [0.15, 0.2) is 47.8 Å². The lowest BCUT2D eigenvalue weighted by molar-refractivity contribution is -0.0497. The van der Waals surface area contributed by atoms with Crippen LogP contribution in [0.5, 0.6) is 5.75 Å². The van der Waals surface area contributed by atoms with E-state index in [1.54, 1.807) is 12.3 Å². The number of nitrogens with one attached hydrogen (secondary N) is 1. The van der Waals surface area contributed by atoms with E-state index in [2.05, 4.69) is 25.0 Å². The Morgan fingerprint density at radius 1 is 1.11 bits per heavy atom. The molecule has 144 valence electrons. The molecular formula is C17H11F4N5OS. The third-order valence-corrected chi connectivity index (χ3v) is 4.63. The van der Waals surface area contributed by atoms with Crippen LogP contribution in [0.25, 0.3) is 16.7 Å². The first kappa shape index (κ1) is 18.3. The Balaban J connectivity index is 1.46. The van der Waals surface area contributed by atoms with Gasteiger partial charge in [0, 0.05) is 17.9 Å². The molecule has 11 heteroatoms. The first-order valence-electron chi connectivity index (χ1n) is 7.92. The van der Waals surface area contributed by atoms with E-state index in [0.29, 0.717) is 33.3 Å². The number of rotatable bonds is 6. The van der Waals surface area contributed by atoms with E-state index in [9.17, 15) is 17.6 Å². The Hall–Kier alpha value is -3.08. The Morgan fingerprint density at radius 3 is 2.75 bits per heavy atom. The van der Waals surface area contributed by atoms with Gasteiger partial charge in [0.1, 0.15) is 5.75 Å². The normalized spacial score (nSPS) is 11.5. The molecule has 0 radical (unpaired) electrons. The minimum absolute atomic E-state index is 0.0390. The lowest BCUT2D eigenvalue weighted by Crippen LogP contribution is -2.01. The summed E-state index contributed by atoms with van der Waals surface area (Å²) in [5.41, 5.74) is 2.11. The smallest absolute Gasteiger partial charge is 0.387 e. The molecule has 0 spiro atoms. The van der Waals surface area contributed by atoms with E-state index in [1.807, 2.05) is 0 Å². The third-order valence-electron chi connectivity index (χ3n) is 3.72. The standard InChI is InChI=1S/C17H11F4N5OS/c18-12-3-1-10(5-13(12)19)26-7-9(24-25-26)8-28-17-22-14-4-2-11(27-16(20)21)6-15(14)23-17/h1-7,16H,8H2,(H,22,23). The molecule has 1 N–H and O–H groups in total. The number of thioether (sulfide) groups is 1. The van der Waals surface area contributed by atoms with E-state index in [0.717, 1.165) is 12.1 Å². The molecule has 0 aliphatic rings. The second-order valence-electron chi connectivity index (χ2n) is 5.64. The van der Waals surface area contributed by atoms with Crippen molar-refractivity contribution >= 4 is 22.8 Å². The van der Waals surface area contributed by atoms with E-state index in [1.165, 1.54) is 34.6 Å². The van der Waals surface area contributed by atoms with Gasteiger partial charge in [-0.2, -0.15) is 8.78 Å². The van der Waals surface area contributed by atoms with Gasteiger partial charge in [0.2, 0.25) is 0 Å². The molecule has 6 nitrogen and oxygen atoms in total. The van der Waals surface area contributed by atoms with Gasteiger partial charge in [-0.05, 0) is 24.3 Å². The zero-order valence-electron chi connectivity index (χ0n) is 13.9. The van der Waals surface area contributed by atoms with Gasteiger partial charge in [0.15, 0.2) is 16.8 Å². The molecule has 28 heavy (non-hydrogen) atoms. The van der Waals surface area contributed by atoms with Gasteiger partial charge in [-0.3, -0.25) is 0 Å². The lowest BCUT2D eigenvalue weighted by Gasteiger charge is -2.02. The number of benzene rings is 2. The van der Waals surface area contributed by atoms with E-state index in [4.69, 9.17) is 0 Å². The fourth-order valence-electron chi connectivity index (χ4n) is 2.47. The van der Waals surface area contributed by atoms with Crippen LogP contribution in [0, 0.1) is 11.6 Å². The number of ether oxygens (including phenoxy) is 1. The summed E-state index contributed by atoms with van der Waals surface area (Å²) >= 11 is 1.33. The van der Waals surface area contributed by atoms with Gasteiger partial charge in [-0.25, -0.2) is 18.4 Å². The van der Waals surface area contributed by atoms with E-state index in [-0.39, 0.29) is 5.75 Å². The monoisotopic (exact) mass is 409 g/mol. The second kappa shape index (κ2) is 7.50. The number of halogens is 4. The van der Waals surface area contributed by atoms with E-state index < -0.39 is 18.2 Å². The Labute approximate surface area is 159 Å². The van der Waals surface area contributed by atoms with Crippen molar-refractivity contribution in [2.24, 2.45) is 0 Å². The van der Waals surface area contributed by atoms with Crippen molar-refractivity contribution in [1.82, 2.24) is 25.0 Å². The topological polar surface area (TPSA) is 68.6 Å². The number of hydrogen-bond donors (Lipinski definition) is 1. The molecule has 4 aromatic rings. The molecule has 0 saturated heterocycles. The van der Waals surface area contributed by atoms with Crippen molar-refractivity contribution in [2.45, 2.75) is 17.5 Å². The van der Waals surface area contributed by atoms with Crippen molar-refractivity contribution in [2.75, 3.05) is 0 Å². The van der Waals surface area contributed by atoms with Gasteiger partial charge < -0.3 is 9.72 Å². The third kappa shape index (κ3) is 3.93. The largest absolute Gasteiger partial charge is 0.435 e. The summed E-state index contributed by atoms with van der Waals surface area (Å²) < 4.78 is 56.7. The van der Waals surface area contributed by atoms with Crippen molar-refractivity contribution in [3.63, 3.8) is 0 Å². The molecule has 0 unspecified atom stereocenters. The maximum Gasteiger partial charge on any atom is 0.387 e. The number of hydrogen-bond acceptors (Lipinski definition) is 5. The van der Waals surface area contributed by atoms with Crippen LogP contribution in [0.1, 0.15) is 5.69 Å². The summed E-state index contributed by atoms with van der Waals surface area (Å²) in [5.74, 6) is -1.46. The highest BCUT2D eigenvalue weighted by Gasteiger charge is 2.10. The van der Waals surface area contributed by atoms with Crippen LogP contribution in [-0.4, -0.2) is 31.6 Å². The summed E-state index contributed by atoms with van der Waals surface area (Å²) in [4.78, 5) is 7.36. The van der Waals surface area contributed by atoms with Crippen molar-refractivity contribution in [1.29, 1.82) is 0 Å². The van der Waals surface area contributed by atoms with Crippen LogP contribution < -0.4 is 4.74 Å². The molecule has 2 heterocycles. The molecule has 2 aromatic carbocycles. The van der Waals surface area contributed by atoms with Crippen molar-refractivity contribution in [3.8, 4) is 11.4 Å². The molecule has 0 saturated carbocycles. The summed E-state index contributed by atoms with van der Waals surface area (Å²) in [7, 11) is 0. The number of fused-ring (bicyclic) bond motifs is 1. The molecule has 2 aromatic heterocycles. The zero-order valence-corrected chi connectivity index (χ0v) is 14.8. The number of aromatic amines is 1. The lowest BCUT2D eigenvalue weighted by atomic mass is 10.3. The molecular weight excluding hydrogens is 398 g/mol. The maximum absolute atomic E-state index is 13.3. The number of H-pyrrole nitrogens is 1. The van der Waals surface area contributed by atoms with Crippen LogP contribution in [-0.2, 0) is 5.75 Å². The summed E-state index contributed by atoms with van der Waals surface area (Å²) in [6.45, 7) is -2.90. The predicted octanol–water partition coefficient (Wildman–Crippen LogP) is 4.32. The summed E-state index contributed by atoms with van der Waals surface area (Å²) in [6, 6.07) is 7.87. The van der Waals surface area contributed by atoms with Gasteiger partial charge in [-0.1, -0.05) is 17.0 Å². The first-order valence-corrected chi connectivity index (χ1v) is 8.90. The second-order valence-corrected chi connectivity index (χ2v) is 6.60. The van der Waals surface area contributed by atoms with Gasteiger partial charge in [-0.15, -0.1) is 5.10 Å². The van der Waals surface area contributed by atoms with Crippen LogP contribution in [0.2, 0.25) is 0 Å². The fourth-order valence-corrected chi connectivity index (χ4v) is 3.23. The van der Waals surface area contributed by atoms with E-state index >= 15 is 0 Å². The van der Waals surface area contributed by atoms with Crippen LogP contribution >= 0.6 is 11.8 Å². The average Bonchev–Trinajstić information content (AvgIpc) is 3.28. The van der Waals surface area contributed by atoms with Crippen molar-refractivity contribution < 1.29 is 22.3 Å². The maximum atomic E-state index is 13.3. The molecule has 0 bridgehead atoms. The van der Waals surface area contributed by atoms with Gasteiger partial charge in [0.25, 0.3) is 0 Å². The quantitative estimate of drug-likeness (QED) is 0.380. The Morgan fingerprint density at radius 2 is 1.96 bits per heavy atom. The molecule has 0 amide bonds. The van der Waals surface area contributed by atoms with Crippen LogP contribution in [0.4, 0.5) is 17.6 Å². The minimum Gasteiger partial charge on any atom is -0.435 e. The van der Waals surface area contributed by atoms with Crippen molar-refractivity contribution in [3.05, 3.63) is 59.9 Å². The molecule has 0 aliphatic carbocycles. The molecule has 4 rings (SSSR count). The zero-order chi connectivity index (χ0) is 19.7. The SMILES string of the molecule is Fc1ccc(-n2cc(CSc3nc4ccc(OC(F)F)cc4[nH]3)nn2)cc1F. The molecule has 0 atom stereocenters. The van der Waals surface area contributed by atoms with Crippen LogP contribution in [0.3, 0.4) is 0 Å². The molecule has 0 fully saturated rings. The predicted molar refractivity (Wildman–Crippen MR) is 93.6 cm³/mol. The minimum atomic E-state index is -2.90. The highest BCUT2D eigenvalue weighted by molar-refractivity contribution is 7.98. The number of imidazole rings is 1. The Bertz CT molecular complexity index is 1130. The molecule has 0 aliphatic heterocycles. The summed E-state index contributed by atoms with van der Waals surface area (Å²) in [5, 5.41) is 8.45. The number of aromatic nitrogens is 5.